The molecule has 0 heterocycles. The van der Waals surface area contributed by atoms with Crippen LogP contribution in [0.3, 0.4) is 0 Å². The molecule has 1 rings (SSSR count). The van der Waals surface area contributed by atoms with Crippen LogP contribution in [0.1, 0.15) is 17.3 Å². The van der Waals surface area contributed by atoms with E-state index >= 15 is 0 Å². The van der Waals surface area contributed by atoms with Gasteiger partial charge in [0.25, 0.3) is 5.91 Å². The number of carbonyl (C=O) groups excluding carboxylic acids is 1. The van der Waals surface area contributed by atoms with Crippen LogP contribution >= 0.6 is 0 Å². The van der Waals surface area contributed by atoms with E-state index in [0.29, 0.717) is 29.3 Å². The molecule has 0 saturated heterocycles. The van der Waals surface area contributed by atoms with Crippen molar-refractivity contribution >= 4 is 11.6 Å². The molecular formula is C14H23N3O3. The third-order valence-electron chi connectivity index (χ3n) is 3.13. The van der Waals surface area contributed by atoms with E-state index in [1.807, 2.05) is 7.05 Å². The number of nitrogens with zero attached hydrogens (tertiary/aromatic N) is 1. The third-order valence-corrected chi connectivity index (χ3v) is 3.13. The van der Waals surface area contributed by atoms with Gasteiger partial charge in [-0.2, -0.15) is 0 Å². The van der Waals surface area contributed by atoms with Crippen molar-refractivity contribution < 1.29 is 14.3 Å². The largest absolute Gasteiger partial charge is 0.497 e. The molecule has 1 amide bonds. The van der Waals surface area contributed by atoms with Crippen LogP contribution in [0.2, 0.25) is 0 Å². The van der Waals surface area contributed by atoms with Crippen LogP contribution in [0.15, 0.2) is 12.1 Å². The van der Waals surface area contributed by atoms with E-state index < -0.39 is 0 Å². The quantitative estimate of drug-likeness (QED) is 0.728. The van der Waals surface area contributed by atoms with Gasteiger partial charge in [0, 0.05) is 19.2 Å². The number of benzene rings is 1. The van der Waals surface area contributed by atoms with Gasteiger partial charge < -0.3 is 25.4 Å². The van der Waals surface area contributed by atoms with E-state index in [9.17, 15) is 4.79 Å². The normalized spacial score (nSPS) is 10.4. The van der Waals surface area contributed by atoms with Crippen LogP contribution in [0, 0.1) is 0 Å². The van der Waals surface area contributed by atoms with Crippen LogP contribution in [0.4, 0.5) is 5.69 Å². The molecule has 0 aliphatic heterocycles. The molecule has 112 valence electrons. The van der Waals surface area contributed by atoms with Crippen LogP contribution < -0.4 is 20.5 Å². The molecule has 0 aliphatic carbocycles. The second-order valence-electron chi connectivity index (χ2n) is 4.44. The Morgan fingerprint density at radius 1 is 1.35 bits per heavy atom. The summed E-state index contributed by atoms with van der Waals surface area (Å²) in [6, 6.07) is 3.26. The van der Waals surface area contributed by atoms with Crippen LogP contribution in [-0.4, -0.2) is 51.7 Å². The molecule has 3 N–H and O–H groups in total. The number of anilines is 1. The van der Waals surface area contributed by atoms with Crippen molar-refractivity contribution in [2.75, 3.05) is 46.6 Å². The molecule has 0 spiro atoms. The molecule has 0 bridgehead atoms. The minimum atomic E-state index is -0.232. The minimum absolute atomic E-state index is 0.232. The molecule has 0 aliphatic rings. The first-order chi connectivity index (χ1) is 9.53. The number of hydrogen-bond donors (Lipinski definition) is 2. The first-order valence-corrected chi connectivity index (χ1v) is 6.51. The number of nitrogen functional groups attached to an aromatic ring is 1. The summed E-state index contributed by atoms with van der Waals surface area (Å²) in [5, 5.41) is 2.84. The number of methoxy groups -OCH3 is 2. The fraction of sp³-hybridized carbons (Fsp3) is 0.500. The van der Waals surface area contributed by atoms with Crippen molar-refractivity contribution in [1.29, 1.82) is 0 Å². The minimum Gasteiger partial charge on any atom is -0.497 e. The van der Waals surface area contributed by atoms with Gasteiger partial charge in [-0.25, -0.2) is 0 Å². The molecule has 0 aromatic heterocycles. The first-order valence-electron chi connectivity index (χ1n) is 6.51. The summed E-state index contributed by atoms with van der Waals surface area (Å²) in [4.78, 5) is 14.3. The van der Waals surface area contributed by atoms with Crippen molar-refractivity contribution in [1.82, 2.24) is 10.2 Å². The molecule has 0 fully saturated rings. The zero-order chi connectivity index (χ0) is 15.1. The number of rotatable bonds is 7. The lowest BCUT2D eigenvalue weighted by atomic mass is 10.1. The topological polar surface area (TPSA) is 76.8 Å². The molecule has 0 saturated carbocycles. The second kappa shape index (κ2) is 7.59. The molecule has 20 heavy (non-hydrogen) atoms. The molecule has 1 aromatic rings. The van der Waals surface area contributed by atoms with Crippen molar-refractivity contribution in [2.45, 2.75) is 6.92 Å². The molecule has 0 radical (unpaired) electrons. The summed E-state index contributed by atoms with van der Waals surface area (Å²) in [7, 11) is 5.03. The standard InChI is InChI=1S/C14H23N3O3/c1-5-17(2)7-6-16-14(18)11-8-10(19-3)9-12(20-4)13(11)15/h8-9H,5-7,15H2,1-4H3,(H,16,18). The van der Waals surface area contributed by atoms with E-state index in [0.717, 1.165) is 13.1 Å². The lowest BCUT2D eigenvalue weighted by Crippen LogP contribution is -2.33. The Morgan fingerprint density at radius 2 is 2.05 bits per heavy atom. The lowest BCUT2D eigenvalue weighted by molar-refractivity contribution is 0.0950. The number of carbonyl (C=O) groups is 1. The molecule has 0 unspecified atom stereocenters. The predicted molar refractivity (Wildman–Crippen MR) is 79.5 cm³/mol. The van der Waals surface area contributed by atoms with Gasteiger partial charge in [0.1, 0.15) is 11.5 Å². The zero-order valence-electron chi connectivity index (χ0n) is 12.5. The Morgan fingerprint density at radius 3 is 2.60 bits per heavy atom. The van der Waals surface area contributed by atoms with Gasteiger partial charge in [0.15, 0.2) is 0 Å². The van der Waals surface area contributed by atoms with Gasteiger partial charge in [-0.15, -0.1) is 0 Å². The van der Waals surface area contributed by atoms with Crippen molar-refractivity contribution in [3.05, 3.63) is 17.7 Å². The highest BCUT2D eigenvalue weighted by atomic mass is 16.5. The van der Waals surface area contributed by atoms with E-state index in [4.69, 9.17) is 15.2 Å². The molecule has 1 aromatic carbocycles. The van der Waals surface area contributed by atoms with E-state index in [2.05, 4.69) is 17.1 Å². The number of hydrogen-bond acceptors (Lipinski definition) is 5. The summed E-state index contributed by atoms with van der Waals surface area (Å²) in [5.74, 6) is 0.733. The SMILES string of the molecule is CCN(C)CCNC(=O)c1cc(OC)cc(OC)c1N. The molecular weight excluding hydrogens is 258 g/mol. The summed E-state index contributed by atoms with van der Waals surface area (Å²) >= 11 is 0. The van der Waals surface area contributed by atoms with Crippen molar-refractivity contribution in [3.8, 4) is 11.5 Å². The number of amides is 1. The fourth-order valence-electron chi connectivity index (χ4n) is 1.69. The zero-order valence-corrected chi connectivity index (χ0v) is 12.5. The smallest absolute Gasteiger partial charge is 0.253 e. The Balaban J connectivity index is 2.81. The fourth-order valence-corrected chi connectivity index (χ4v) is 1.69. The molecule has 6 heteroatoms. The summed E-state index contributed by atoms with van der Waals surface area (Å²) in [5.41, 5.74) is 6.60. The average Bonchev–Trinajstić information content (AvgIpc) is 2.47. The van der Waals surface area contributed by atoms with E-state index in [1.165, 1.54) is 14.2 Å². The summed E-state index contributed by atoms with van der Waals surface area (Å²) < 4.78 is 10.3. The van der Waals surface area contributed by atoms with Gasteiger partial charge in [0.2, 0.25) is 0 Å². The van der Waals surface area contributed by atoms with Gasteiger partial charge in [0.05, 0.1) is 25.5 Å². The Hall–Kier alpha value is -1.95. The maximum Gasteiger partial charge on any atom is 0.253 e. The maximum atomic E-state index is 12.2. The van der Waals surface area contributed by atoms with Gasteiger partial charge in [-0.1, -0.05) is 6.92 Å². The summed E-state index contributed by atoms with van der Waals surface area (Å²) in [6.45, 7) is 4.34. The van der Waals surface area contributed by atoms with Crippen LogP contribution in [0.25, 0.3) is 0 Å². The van der Waals surface area contributed by atoms with Crippen molar-refractivity contribution in [3.63, 3.8) is 0 Å². The maximum absolute atomic E-state index is 12.2. The van der Waals surface area contributed by atoms with E-state index in [-0.39, 0.29) is 5.91 Å². The van der Waals surface area contributed by atoms with Crippen LogP contribution in [-0.2, 0) is 0 Å². The molecule has 6 nitrogen and oxygen atoms in total. The van der Waals surface area contributed by atoms with Gasteiger partial charge in [-0.05, 0) is 19.7 Å². The Labute approximate surface area is 119 Å². The monoisotopic (exact) mass is 281 g/mol. The highest BCUT2D eigenvalue weighted by molar-refractivity contribution is 6.00. The van der Waals surface area contributed by atoms with Crippen LogP contribution in [0.5, 0.6) is 11.5 Å². The second-order valence-corrected chi connectivity index (χ2v) is 4.44. The van der Waals surface area contributed by atoms with Gasteiger partial charge >= 0.3 is 0 Å². The first kappa shape index (κ1) is 16.1. The predicted octanol–water partition coefficient (Wildman–Crippen LogP) is 0.968. The molecule has 0 atom stereocenters. The Bertz CT molecular complexity index is 463. The highest BCUT2D eigenvalue weighted by Crippen LogP contribution is 2.30. The van der Waals surface area contributed by atoms with Gasteiger partial charge in [-0.3, -0.25) is 4.79 Å². The van der Waals surface area contributed by atoms with E-state index in [1.54, 1.807) is 12.1 Å². The number of likely N-dealkylation sites (N-methyl/N-ethyl adjacent to an activating group) is 1. The van der Waals surface area contributed by atoms with Crippen molar-refractivity contribution in [2.24, 2.45) is 0 Å². The average molecular weight is 281 g/mol. The number of nitrogens with one attached hydrogen (secondary N) is 1. The highest BCUT2D eigenvalue weighted by Gasteiger charge is 2.15. The number of ether oxygens (including phenoxy) is 2. The number of nitrogens with two attached hydrogens (primary N) is 1. The third kappa shape index (κ3) is 4.03. The summed E-state index contributed by atoms with van der Waals surface area (Å²) in [6.07, 6.45) is 0. The lowest BCUT2D eigenvalue weighted by Gasteiger charge is -2.15. The Kier molecular flexibility index (Phi) is 6.11.